The number of aromatic nitrogens is 1. The van der Waals surface area contributed by atoms with E-state index in [1.54, 1.807) is 18.2 Å². The number of nitrogens with zero attached hydrogens (tertiary/aromatic N) is 1. The zero-order valence-corrected chi connectivity index (χ0v) is 8.32. The molecule has 0 saturated heterocycles. The Morgan fingerprint density at radius 3 is 2.94 bits per heavy atom. The lowest BCUT2D eigenvalue weighted by atomic mass is 10.1. The Hall–Kier alpha value is -2.13. The van der Waals surface area contributed by atoms with Crippen molar-refractivity contribution < 1.29 is 9.21 Å². The second-order valence-electron chi connectivity index (χ2n) is 3.96. The summed E-state index contributed by atoms with van der Waals surface area (Å²) >= 11 is 0. The van der Waals surface area contributed by atoms with Crippen LogP contribution in [0.4, 0.5) is 0 Å². The van der Waals surface area contributed by atoms with Gasteiger partial charge in [-0.2, -0.15) is 4.99 Å². The van der Waals surface area contributed by atoms with E-state index in [0.29, 0.717) is 11.1 Å². The third kappa shape index (κ3) is 1.22. The number of nitrogens with one attached hydrogen (secondary N) is 1. The molecule has 0 unspecified atom stereocenters. The highest BCUT2D eigenvalue weighted by Crippen LogP contribution is 2.49. The summed E-state index contributed by atoms with van der Waals surface area (Å²) in [5.41, 5.74) is 1.65. The van der Waals surface area contributed by atoms with Gasteiger partial charge in [-0.3, -0.25) is 4.98 Å². The zero-order chi connectivity index (χ0) is 11.2. The molecule has 1 N–H and O–H groups in total. The van der Waals surface area contributed by atoms with Gasteiger partial charge in [0.25, 0.3) is 0 Å². The van der Waals surface area contributed by atoms with Crippen LogP contribution in [0.5, 0.6) is 0 Å². The summed E-state index contributed by atoms with van der Waals surface area (Å²) in [4.78, 5) is 27.7. The molecule has 1 heterocycles. The average Bonchev–Trinajstić information content (AvgIpc) is 2.93. The van der Waals surface area contributed by atoms with Gasteiger partial charge in [0, 0.05) is 0 Å². The van der Waals surface area contributed by atoms with Gasteiger partial charge >= 0.3 is 5.76 Å². The molecule has 0 amide bonds. The van der Waals surface area contributed by atoms with Crippen molar-refractivity contribution in [3.63, 3.8) is 0 Å². The maximum Gasteiger partial charge on any atom is 0.417 e. The van der Waals surface area contributed by atoms with Crippen molar-refractivity contribution in [3.8, 4) is 0 Å². The smallest absolute Gasteiger partial charge is 0.408 e. The van der Waals surface area contributed by atoms with Crippen molar-refractivity contribution in [2.24, 2.45) is 4.99 Å². The highest BCUT2D eigenvalue weighted by atomic mass is 16.4. The maximum atomic E-state index is 11.0. The van der Waals surface area contributed by atoms with Gasteiger partial charge in [0.15, 0.2) is 5.58 Å². The molecule has 5 nitrogen and oxygen atoms in total. The number of aromatic amines is 1. The summed E-state index contributed by atoms with van der Waals surface area (Å²) in [5, 5.41) is 0. The minimum atomic E-state index is -0.476. The number of hydrogen-bond donors (Lipinski definition) is 1. The van der Waals surface area contributed by atoms with Crippen LogP contribution in [0.2, 0.25) is 0 Å². The van der Waals surface area contributed by atoms with Crippen LogP contribution in [0.3, 0.4) is 0 Å². The molecule has 1 aliphatic rings. The maximum absolute atomic E-state index is 11.0. The number of rotatable bonds is 2. The molecule has 1 saturated carbocycles. The molecule has 1 aliphatic carbocycles. The van der Waals surface area contributed by atoms with Gasteiger partial charge in [0.1, 0.15) is 0 Å². The number of carbonyl (C=O) groups excluding carboxylic acids is 1. The highest BCUT2D eigenvalue weighted by Gasteiger charge is 2.44. The molecule has 0 bridgehead atoms. The Bertz CT molecular complexity index is 657. The van der Waals surface area contributed by atoms with Crippen molar-refractivity contribution >= 4 is 17.2 Å². The van der Waals surface area contributed by atoms with Crippen molar-refractivity contribution in [2.45, 2.75) is 18.4 Å². The van der Waals surface area contributed by atoms with E-state index in [9.17, 15) is 9.59 Å². The predicted octanol–water partition coefficient (Wildman–Crippen LogP) is 1.45. The van der Waals surface area contributed by atoms with Crippen molar-refractivity contribution in [1.29, 1.82) is 0 Å². The minimum absolute atomic E-state index is 0.413. The number of fused-ring (bicyclic) bond motifs is 1. The molecule has 2 aromatic rings. The topological polar surface area (TPSA) is 75.4 Å². The van der Waals surface area contributed by atoms with Crippen molar-refractivity contribution in [1.82, 2.24) is 4.98 Å². The third-order valence-corrected chi connectivity index (χ3v) is 2.94. The summed E-state index contributed by atoms with van der Waals surface area (Å²) < 4.78 is 4.90. The Kier molecular flexibility index (Phi) is 1.67. The minimum Gasteiger partial charge on any atom is -0.408 e. The number of hydrogen-bond acceptors (Lipinski definition) is 4. The Labute approximate surface area is 89.8 Å². The van der Waals surface area contributed by atoms with E-state index in [4.69, 9.17) is 4.42 Å². The Balaban J connectivity index is 2.18. The van der Waals surface area contributed by atoms with Gasteiger partial charge in [0.2, 0.25) is 6.08 Å². The largest absolute Gasteiger partial charge is 0.417 e. The van der Waals surface area contributed by atoms with Crippen molar-refractivity contribution in [3.05, 3.63) is 34.3 Å². The molecule has 0 aliphatic heterocycles. The van der Waals surface area contributed by atoms with E-state index >= 15 is 0 Å². The molecule has 5 heteroatoms. The second-order valence-corrected chi connectivity index (χ2v) is 3.96. The van der Waals surface area contributed by atoms with E-state index < -0.39 is 11.3 Å². The summed E-state index contributed by atoms with van der Waals surface area (Å²) in [5.74, 6) is -0.476. The number of aliphatic imine (C=N–C) groups is 1. The van der Waals surface area contributed by atoms with Gasteiger partial charge in [-0.25, -0.2) is 9.59 Å². The van der Waals surface area contributed by atoms with Crippen LogP contribution >= 0.6 is 0 Å². The molecule has 1 aromatic carbocycles. The fourth-order valence-corrected chi connectivity index (χ4v) is 1.91. The fraction of sp³-hybridized carbons (Fsp3) is 0.273. The van der Waals surface area contributed by atoms with Crippen molar-refractivity contribution in [2.75, 3.05) is 0 Å². The molecule has 3 rings (SSSR count). The van der Waals surface area contributed by atoms with Crippen LogP contribution in [-0.4, -0.2) is 11.1 Å². The Morgan fingerprint density at radius 2 is 2.25 bits per heavy atom. The molecular weight excluding hydrogens is 208 g/mol. The van der Waals surface area contributed by atoms with Crippen LogP contribution in [-0.2, 0) is 10.3 Å². The number of oxazole rings is 1. The molecular formula is C11H8N2O3. The lowest BCUT2D eigenvalue weighted by molar-refractivity contribution is 0.555. The number of isocyanates is 1. The van der Waals surface area contributed by atoms with Gasteiger partial charge < -0.3 is 4.42 Å². The van der Waals surface area contributed by atoms with Crippen LogP contribution < -0.4 is 5.76 Å². The Morgan fingerprint density at radius 1 is 1.44 bits per heavy atom. The van der Waals surface area contributed by atoms with Crippen LogP contribution in [0.1, 0.15) is 18.4 Å². The third-order valence-electron chi connectivity index (χ3n) is 2.94. The van der Waals surface area contributed by atoms with Gasteiger partial charge in [-0.15, -0.1) is 0 Å². The molecule has 80 valence electrons. The summed E-state index contributed by atoms with van der Waals surface area (Å²) in [6, 6.07) is 5.34. The van der Waals surface area contributed by atoms with E-state index in [0.717, 1.165) is 18.4 Å². The molecule has 1 fully saturated rings. The fourth-order valence-electron chi connectivity index (χ4n) is 1.91. The zero-order valence-electron chi connectivity index (χ0n) is 8.32. The van der Waals surface area contributed by atoms with Gasteiger partial charge in [0.05, 0.1) is 11.1 Å². The van der Waals surface area contributed by atoms with E-state index in [2.05, 4.69) is 9.98 Å². The van der Waals surface area contributed by atoms with E-state index in [1.165, 1.54) is 0 Å². The summed E-state index contributed by atoms with van der Waals surface area (Å²) in [7, 11) is 0. The van der Waals surface area contributed by atoms with Gasteiger partial charge in [-0.1, -0.05) is 6.07 Å². The molecule has 1 aromatic heterocycles. The SMILES string of the molecule is O=C=NC1(c2ccc3oc(=O)[nH]c3c2)CC1. The summed E-state index contributed by atoms with van der Waals surface area (Å²) in [6.45, 7) is 0. The first kappa shape index (κ1) is 9.12. The number of H-pyrrole nitrogens is 1. The standard InChI is InChI=1S/C11H8N2O3/c14-6-12-11(3-4-11)7-1-2-9-8(5-7)13-10(15)16-9/h1-2,5H,3-4H2,(H,13,15). The normalized spacial score (nSPS) is 17.0. The van der Waals surface area contributed by atoms with Crippen LogP contribution in [0.25, 0.3) is 11.1 Å². The lowest BCUT2D eigenvalue weighted by Crippen LogP contribution is -2.01. The second kappa shape index (κ2) is 2.93. The molecule has 0 atom stereocenters. The van der Waals surface area contributed by atoms with Crippen LogP contribution in [0.15, 0.2) is 32.4 Å². The highest BCUT2D eigenvalue weighted by molar-refractivity contribution is 5.73. The molecule has 0 radical (unpaired) electrons. The predicted molar refractivity (Wildman–Crippen MR) is 55.9 cm³/mol. The molecule has 0 spiro atoms. The molecule has 16 heavy (non-hydrogen) atoms. The van der Waals surface area contributed by atoms with Gasteiger partial charge in [-0.05, 0) is 30.5 Å². The first-order valence-electron chi connectivity index (χ1n) is 4.96. The van der Waals surface area contributed by atoms with Crippen LogP contribution in [0, 0.1) is 0 Å². The average molecular weight is 216 g/mol. The first-order chi connectivity index (χ1) is 7.73. The van der Waals surface area contributed by atoms with E-state index in [-0.39, 0.29) is 0 Å². The number of benzene rings is 1. The first-order valence-corrected chi connectivity index (χ1v) is 4.96. The lowest BCUT2D eigenvalue weighted by Gasteiger charge is -2.06. The summed E-state index contributed by atoms with van der Waals surface area (Å²) in [6.07, 6.45) is 3.29. The monoisotopic (exact) mass is 216 g/mol. The quantitative estimate of drug-likeness (QED) is 0.609. The van der Waals surface area contributed by atoms with E-state index in [1.807, 2.05) is 6.07 Å².